The molecule has 5 aromatic rings. The fourth-order valence-corrected chi connectivity index (χ4v) is 3.71. The first-order chi connectivity index (χ1) is 14.5. The van der Waals surface area contributed by atoms with Crippen molar-refractivity contribution >= 4 is 22.5 Å². The van der Waals surface area contributed by atoms with E-state index in [1.165, 1.54) is 9.13 Å². The summed E-state index contributed by atoms with van der Waals surface area (Å²) in [7, 11) is 0. The molecule has 5 rings (SSSR count). The van der Waals surface area contributed by atoms with Gasteiger partial charge in [0.2, 0.25) is 0 Å². The molecule has 1 aromatic carbocycles. The van der Waals surface area contributed by atoms with Crippen molar-refractivity contribution in [1.29, 1.82) is 0 Å². The van der Waals surface area contributed by atoms with Crippen LogP contribution in [0.3, 0.4) is 0 Å². The third-order valence-corrected chi connectivity index (χ3v) is 5.04. The number of fused-ring (bicyclic) bond motifs is 2. The van der Waals surface area contributed by atoms with Crippen LogP contribution in [0.1, 0.15) is 5.56 Å². The Kier molecular flexibility index (Phi) is 3.95. The van der Waals surface area contributed by atoms with E-state index in [1.807, 2.05) is 29.7 Å². The summed E-state index contributed by atoms with van der Waals surface area (Å²) in [6.45, 7) is 1.46. The van der Waals surface area contributed by atoms with Gasteiger partial charge < -0.3 is 9.51 Å². The van der Waals surface area contributed by atoms with Crippen LogP contribution in [-0.2, 0) is 11.3 Å². The third-order valence-electron chi connectivity index (χ3n) is 5.04. The summed E-state index contributed by atoms with van der Waals surface area (Å²) in [4.78, 5) is 37.4. The summed E-state index contributed by atoms with van der Waals surface area (Å²) in [5.41, 5.74) is 3.95. The number of imidazole rings is 2. The number of rotatable bonds is 4. The van der Waals surface area contributed by atoms with E-state index < -0.39 is 18.2 Å². The zero-order chi connectivity index (χ0) is 20.8. The van der Waals surface area contributed by atoms with Crippen LogP contribution in [0.2, 0.25) is 0 Å². The Morgan fingerprint density at radius 1 is 1.10 bits per heavy atom. The summed E-state index contributed by atoms with van der Waals surface area (Å²) in [5.74, 6) is -0.673. The van der Waals surface area contributed by atoms with Gasteiger partial charge in [0.1, 0.15) is 12.4 Å². The molecular formula is C21H16N6O3. The van der Waals surface area contributed by atoms with Crippen LogP contribution in [0.25, 0.3) is 33.6 Å². The van der Waals surface area contributed by atoms with Gasteiger partial charge in [-0.05, 0) is 30.7 Å². The number of hydrogen-bond acceptors (Lipinski definition) is 5. The van der Waals surface area contributed by atoms with Gasteiger partial charge in [-0.1, -0.05) is 12.1 Å². The van der Waals surface area contributed by atoms with E-state index in [9.17, 15) is 14.7 Å². The minimum absolute atomic E-state index is 0.410. The van der Waals surface area contributed by atoms with Crippen molar-refractivity contribution in [3.05, 3.63) is 77.5 Å². The molecule has 4 aromatic heterocycles. The van der Waals surface area contributed by atoms with Crippen LogP contribution < -0.4 is 5.69 Å². The number of carboxylic acids is 1. The van der Waals surface area contributed by atoms with Crippen LogP contribution in [-0.4, -0.2) is 39.6 Å². The summed E-state index contributed by atoms with van der Waals surface area (Å²) in [6, 6.07) is 8.98. The molecule has 0 fully saturated rings. The highest BCUT2D eigenvalue weighted by Crippen LogP contribution is 2.24. The Hall–Kier alpha value is -4.27. The van der Waals surface area contributed by atoms with E-state index in [0.717, 1.165) is 22.3 Å². The van der Waals surface area contributed by atoms with Crippen LogP contribution in [0, 0.1) is 6.92 Å². The average molecular weight is 400 g/mol. The Morgan fingerprint density at radius 3 is 2.73 bits per heavy atom. The number of nitrogens with zero attached hydrogens (tertiary/aromatic N) is 6. The Morgan fingerprint density at radius 2 is 1.97 bits per heavy atom. The smallest absolute Gasteiger partial charge is 0.335 e. The van der Waals surface area contributed by atoms with Crippen LogP contribution in [0.5, 0.6) is 0 Å². The number of aliphatic carboxylic acids is 1. The van der Waals surface area contributed by atoms with E-state index >= 15 is 0 Å². The van der Waals surface area contributed by atoms with Gasteiger partial charge in [0.05, 0.1) is 34.8 Å². The lowest BCUT2D eigenvalue weighted by Crippen LogP contribution is -2.26. The van der Waals surface area contributed by atoms with Crippen molar-refractivity contribution in [2.75, 3.05) is 0 Å². The van der Waals surface area contributed by atoms with Gasteiger partial charge in [-0.25, -0.2) is 19.3 Å². The van der Waals surface area contributed by atoms with Crippen molar-refractivity contribution in [2.45, 2.75) is 13.5 Å². The lowest BCUT2D eigenvalue weighted by atomic mass is 10.2. The number of aryl methyl sites for hydroxylation is 1. The average Bonchev–Trinajstić information content (AvgIpc) is 3.32. The largest absolute Gasteiger partial charge is 0.480 e. The molecule has 30 heavy (non-hydrogen) atoms. The number of pyridine rings is 1. The minimum Gasteiger partial charge on any atom is -0.480 e. The zero-order valence-corrected chi connectivity index (χ0v) is 15.9. The van der Waals surface area contributed by atoms with Crippen LogP contribution in [0.4, 0.5) is 0 Å². The highest BCUT2D eigenvalue weighted by atomic mass is 16.4. The third kappa shape index (κ3) is 2.67. The molecule has 9 heteroatoms. The van der Waals surface area contributed by atoms with Crippen molar-refractivity contribution in [2.24, 2.45) is 0 Å². The van der Waals surface area contributed by atoms with Crippen molar-refractivity contribution in [3.8, 4) is 17.1 Å². The predicted molar refractivity (Wildman–Crippen MR) is 110 cm³/mol. The normalized spacial score (nSPS) is 11.4. The lowest BCUT2D eigenvalue weighted by molar-refractivity contribution is -0.137. The zero-order valence-electron chi connectivity index (χ0n) is 15.9. The van der Waals surface area contributed by atoms with Gasteiger partial charge in [0.15, 0.2) is 0 Å². The molecule has 148 valence electrons. The Labute approximate surface area is 169 Å². The fraction of sp³-hybridized carbons (Fsp3) is 0.0952. The highest BCUT2D eigenvalue weighted by molar-refractivity contribution is 5.83. The molecular weight excluding hydrogens is 384 g/mol. The highest BCUT2D eigenvalue weighted by Gasteiger charge is 2.19. The maximum atomic E-state index is 13.1. The van der Waals surface area contributed by atoms with Crippen LogP contribution in [0.15, 0.2) is 66.2 Å². The monoisotopic (exact) mass is 400 g/mol. The van der Waals surface area contributed by atoms with Gasteiger partial charge in [0, 0.05) is 24.2 Å². The van der Waals surface area contributed by atoms with E-state index in [1.54, 1.807) is 43.1 Å². The van der Waals surface area contributed by atoms with Gasteiger partial charge in [-0.2, -0.15) is 0 Å². The van der Waals surface area contributed by atoms with Crippen molar-refractivity contribution in [3.63, 3.8) is 0 Å². The molecule has 0 unspecified atom stereocenters. The number of aromatic nitrogens is 6. The summed E-state index contributed by atoms with van der Waals surface area (Å²) in [6.07, 6.45) is 8.57. The minimum atomic E-state index is -1.08. The molecule has 0 aliphatic carbocycles. The summed E-state index contributed by atoms with van der Waals surface area (Å²) < 4.78 is 4.56. The molecule has 0 aliphatic heterocycles. The molecule has 0 saturated heterocycles. The van der Waals surface area contributed by atoms with Gasteiger partial charge in [0.25, 0.3) is 0 Å². The van der Waals surface area contributed by atoms with E-state index in [4.69, 9.17) is 0 Å². The lowest BCUT2D eigenvalue weighted by Gasteiger charge is -2.07. The van der Waals surface area contributed by atoms with E-state index in [0.29, 0.717) is 16.9 Å². The molecule has 0 amide bonds. The van der Waals surface area contributed by atoms with E-state index in [-0.39, 0.29) is 0 Å². The molecule has 0 saturated carbocycles. The topological polar surface area (TPSA) is 107 Å². The first-order valence-corrected chi connectivity index (χ1v) is 9.21. The molecule has 0 spiro atoms. The van der Waals surface area contributed by atoms with Gasteiger partial charge in [-0.3, -0.25) is 14.3 Å². The first kappa shape index (κ1) is 17.8. The van der Waals surface area contributed by atoms with Crippen molar-refractivity contribution < 1.29 is 9.90 Å². The Balaban J connectivity index is 1.68. The number of para-hydroxylation sites is 1. The molecule has 1 N–H and O–H groups in total. The molecule has 4 heterocycles. The number of carbonyl (C=O) groups is 1. The van der Waals surface area contributed by atoms with E-state index in [2.05, 4.69) is 15.0 Å². The van der Waals surface area contributed by atoms with Gasteiger partial charge >= 0.3 is 11.7 Å². The number of hydrogen-bond donors (Lipinski definition) is 1. The predicted octanol–water partition coefficient (Wildman–Crippen LogP) is 2.29. The molecule has 0 bridgehead atoms. The molecule has 0 atom stereocenters. The molecule has 0 radical (unpaired) electrons. The van der Waals surface area contributed by atoms with Gasteiger partial charge in [-0.15, -0.1) is 0 Å². The fourth-order valence-electron chi connectivity index (χ4n) is 3.71. The van der Waals surface area contributed by atoms with Crippen molar-refractivity contribution in [1.82, 2.24) is 28.5 Å². The molecule has 9 nitrogen and oxygen atoms in total. The second-order valence-corrected chi connectivity index (χ2v) is 6.91. The molecule has 0 aliphatic rings. The number of carboxylic acid groups (broad SMARTS) is 1. The maximum Gasteiger partial charge on any atom is 0.335 e. The SMILES string of the molecule is Cc1cccc2c1n(-c1ccc(-c3nccn4cncc34)cn1)c(=O)n2CC(=O)O. The maximum absolute atomic E-state index is 13.1. The second kappa shape index (κ2) is 6.66. The second-order valence-electron chi connectivity index (χ2n) is 6.91. The Bertz CT molecular complexity index is 1480. The standard InChI is InChI=1S/C21H16N6O3/c1-13-3-2-4-15-20(13)27(21(30)26(15)11-18(28)29)17-6-5-14(9-24-17)19-16-10-22-12-25(16)8-7-23-19/h2-10,12H,11H2,1H3,(H,28,29). The summed E-state index contributed by atoms with van der Waals surface area (Å²) in [5, 5.41) is 9.23. The number of benzene rings is 1. The first-order valence-electron chi connectivity index (χ1n) is 9.21. The quantitative estimate of drug-likeness (QED) is 0.496. The van der Waals surface area contributed by atoms with Crippen LogP contribution >= 0.6 is 0 Å². The summed E-state index contributed by atoms with van der Waals surface area (Å²) >= 11 is 0.